The van der Waals surface area contributed by atoms with E-state index >= 15 is 0 Å². The molecule has 8 aromatic rings. The maximum absolute atomic E-state index is 10.2. The van der Waals surface area contributed by atoms with Gasteiger partial charge in [0.05, 0.1) is 13.2 Å². The van der Waals surface area contributed by atoms with Gasteiger partial charge in [0.1, 0.15) is 23.0 Å². The molecular weight excluding hydrogens is 617 g/mol. The third kappa shape index (κ3) is 5.99. The van der Waals surface area contributed by atoms with E-state index in [1.54, 1.807) is 0 Å². The third-order valence-electron chi connectivity index (χ3n) is 9.15. The predicted octanol–water partition coefficient (Wildman–Crippen LogP) is 11.6. The van der Waals surface area contributed by atoms with Crippen LogP contribution in [0.1, 0.15) is 11.1 Å². The van der Waals surface area contributed by atoms with E-state index in [9.17, 15) is 10.2 Å². The standard InChI is InChI=1S/C46H34O4/c47-29-37-15-7-9-17-41(37)49-43-25-21-35-27-33(31-11-3-1-4-12-31)19-23-39(35)45(43)46-40-24-20-34(32-13-5-2-6-14-32)28-36(40)22-26-44(46)50-42-18-10-8-16-38(42)30-48/h1-28,47-48H,29-30H2. The number of aliphatic hydroxyl groups excluding tert-OH is 2. The summed E-state index contributed by atoms with van der Waals surface area (Å²) in [5, 5.41) is 24.5. The molecule has 0 amide bonds. The molecule has 0 heterocycles. The lowest BCUT2D eigenvalue weighted by molar-refractivity contribution is 0.276. The SMILES string of the molecule is OCc1ccccc1Oc1ccc2cc(-c3ccccc3)ccc2c1-c1c(Oc2ccccc2CO)ccc2cc(-c3ccccc3)ccc12. The number of benzene rings is 8. The molecule has 0 saturated carbocycles. The Kier molecular flexibility index (Phi) is 8.54. The molecule has 4 nitrogen and oxygen atoms in total. The molecule has 0 atom stereocenters. The number of para-hydroxylation sites is 2. The molecule has 0 spiro atoms. The van der Waals surface area contributed by atoms with Crippen LogP contribution in [0.4, 0.5) is 0 Å². The molecule has 8 aromatic carbocycles. The third-order valence-corrected chi connectivity index (χ3v) is 9.15. The Morgan fingerprint density at radius 2 is 0.740 bits per heavy atom. The number of rotatable bonds is 9. The van der Waals surface area contributed by atoms with Crippen molar-refractivity contribution < 1.29 is 19.7 Å². The maximum Gasteiger partial charge on any atom is 0.136 e. The van der Waals surface area contributed by atoms with Crippen molar-refractivity contribution in [2.45, 2.75) is 13.2 Å². The van der Waals surface area contributed by atoms with Crippen molar-refractivity contribution in [1.82, 2.24) is 0 Å². The summed E-state index contributed by atoms with van der Waals surface area (Å²) in [6, 6.07) is 57.0. The summed E-state index contributed by atoms with van der Waals surface area (Å²) in [6.45, 7) is -0.301. The number of fused-ring (bicyclic) bond motifs is 2. The molecule has 0 saturated heterocycles. The lowest BCUT2D eigenvalue weighted by Gasteiger charge is -2.21. The van der Waals surface area contributed by atoms with Crippen molar-refractivity contribution in [2.24, 2.45) is 0 Å². The van der Waals surface area contributed by atoms with Gasteiger partial charge in [-0.25, -0.2) is 0 Å². The van der Waals surface area contributed by atoms with E-state index in [1.807, 2.05) is 97.1 Å². The molecule has 0 aromatic heterocycles. The number of aliphatic hydroxyl groups is 2. The van der Waals surface area contributed by atoms with Gasteiger partial charge in [-0.05, 0) is 80.2 Å². The van der Waals surface area contributed by atoms with Gasteiger partial charge in [-0.2, -0.15) is 0 Å². The quantitative estimate of drug-likeness (QED) is 0.163. The number of ether oxygens (including phenoxy) is 2. The fourth-order valence-electron chi connectivity index (χ4n) is 6.63. The summed E-state index contributed by atoms with van der Waals surface area (Å²) in [4.78, 5) is 0. The molecule has 0 aliphatic heterocycles. The Hall–Kier alpha value is -6.20. The summed E-state index contributed by atoms with van der Waals surface area (Å²) in [6.07, 6.45) is 0. The molecule has 0 aliphatic carbocycles. The van der Waals surface area contributed by atoms with Crippen molar-refractivity contribution >= 4 is 21.5 Å². The zero-order valence-corrected chi connectivity index (χ0v) is 27.3. The van der Waals surface area contributed by atoms with Crippen molar-refractivity contribution in [3.05, 3.63) is 181 Å². The van der Waals surface area contributed by atoms with Crippen molar-refractivity contribution in [3.63, 3.8) is 0 Å². The second-order valence-electron chi connectivity index (χ2n) is 12.2. The van der Waals surface area contributed by atoms with Crippen molar-refractivity contribution in [1.29, 1.82) is 0 Å². The lowest BCUT2D eigenvalue weighted by Crippen LogP contribution is -1.98. The Labute approximate surface area is 291 Å². The highest BCUT2D eigenvalue weighted by atomic mass is 16.5. The van der Waals surface area contributed by atoms with Crippen LogP contribution in [0.2, 0.25) is 0 Å². The summed E-state index contributed by atoms with van der Waals surface area (Å²) in [7, 11) is 0. The van der Waals surface area contributed by atoms with Crippen LogP contribution in [-0.2, 0) is 13.2 Å². The smallest absolute Gasteiger partial charge is 0.136 e. The van der Waals surface area contributed by atoms with Gasteiger partial charge in [-0.1, -0.05) is 133 Å². The Balaban J connectivity index is 1.42. The van der Waals surface area contributed by atoms with Crippen LogP contribution in [-0.4, -0.2) is 10.2 Å². The van der Waals surface area contributed by atoms with E-state index in [4.69, 9.17) is 9.47 Å². The molecule has 50 heavy (non-hydrogen) atoms. The van der Waals surface area contributed by atoms with Gasteiger partial charge in [0.15, 0.2) is 0 Å². The highest BCUT2D eigenvalue weighted by Crippen LogP contribution is 2.49. The number of hydrogen-bond donors (Lipinski definition) is 2. The molecule has 4 heteroatoms. The van der Waals surface area contributed by atoms with Crippen LogP contribution < -0.4 is 9.47 Å². The molecule has 242 valence electrons. The molecule has 0 fully saturated rings. The minimum absolute atomic E-state index is 0.150. The normalized spacial score (nSPS) is 11.2. The molecular formula is C46H34O4. The monoisotopic (exact) mass is 650 g/mol. The first-order chi connectivity index (χ1) is 24.7. The zero-order valence-electron chi connectivity index (χ0n) is 27.3. The molecule has 2 N–H and O–H groups in total. The largest absolute Gasteiger partial charge is 0.456 e. The molecule has 0 radical (unpaired) electrons. The minimum Gasteiger partial charge on any atom is -0.456 e. The Morgan fingerprint density at radius 1 is 0.340 bits per heavy atom. The fourth-order valence-corrected chi connectivity index (χ4v) is 6.63. The minimum atomic E-state index is -0.150. The van der Waals surface area contributed by atoms with E-state index in [2.05, 4.69) is 72.8 Å². The van der Waals surface area contributed by atoms with Crippen LogP contribution in [0.5, 0.6) is 23.0 Å². The topological polar surface area (TPSA) is 58.9 Å². The van der Waals surface area contributed by atoms with E-state index in [1.165, 1.54) is 0 Å². The summed E-state index contributed by atoms with van der Waals surface area (Å²) < 4.78 is 13.5. The van der Waals surface area contributed by atoms with Gasteiger partial charge >= 0.3 is 0 Å². The Morgan fingerprint density at radius 3 is 1.16 bits per heavy atom. The predicted molar refractivity (Wildman–Crippen MR) is 203 cm³/mol. The van der Waals surface area contributed by atoms with Gasteiger partial charge in [0.25, 0.3) is 0 Å². The van der Waals surface area contributed by atoms with Gasteiger partial charge in [-0.3, -0.25) is 0 Å². The lowest BCUT2D eigenvalue weighted by atomic mass is 9.90. The first kappa shape index (κ1) is 31.1. The van der Waals surface area contributed by atoms with Gasteiger partial charge in [0.2, 0.25) is 0 Å². The van der Waals surface area contributed by atoms with Crippen LogP contribution in [0.25, 0.3) is 54.9 Å². The summed E-state index contributed by atoms with van der Waals surface area (Å²) >= 11 is 0. The van der Waals surface area contributed by atoms with Crippen LogP contribution in [0.3, 0.4) is 0 Å². The maximum atomic E-state index is 10.2. The fraction of sp³-hybridized carbons (Fsp3) is 0.0435. The number of hydrogen-bond acceptors (Lipinski definition) is 4. The van der Waals surface area contributed by atoms with Crippen molar-refractivity contribution in [2.75, 3.05) is 0 Å². The average molecular weight is 651 g/mol. The van der Waals surface area contributed by atoms with Crippen molar-refractivity contribution in [3.8, 4) is 56.4 Å². The molecule has 0 unspecified atom stereocenters. The van der Waals surface area contributed by atoms with Gasteiger partial charge in [0, 0.05) is 22.3 Å². The van der Waals surface area contributed by atoms with E-state index < -0.39 is 0 Å². The van der Waals surface area contributed by atoms with E-state index in [0.717, 1.165) is 54.9 Å². The first-order valence-corrected chi connectivity index (χ1v) is 16.7. The molecule has 8 rings (SSSR count). The van der Waals surface area contributed by atoms with E-state index in [0.29, 0.717) is 34.1 Å². The highest BCUT2D eigenvalue weighted by molar-refractivity contribution is 6.11. The second-order valence-corrected chi connectivity index (χ2v) is 12.2. The van der Waals surface area contributed by atoms with Gasteiger partial charge < -0.3 is 19.7 Å². The van der Waals surface area contributed by atoms with E-state index in [-0.39, 0.29) is 13.2 Å². The van der Waals surface area contributed by atoms with Gasteiger partial charge in [-0.15, -0.1) is 0 Å². The zero-order chi connectivity index (χ0) is 33.9. The first-order valence-electron chi connectivity index (χ1n) is 16.7. The molecule has 0 aliphatic rings. The Bertz CT molecular complexity index is 2280. The van der Waals surface area contributed by atoms with Crippen LogP contribution >= 0.6 is 0 Å². The highest BCUT2D eigenvalue weighted by Gasteiger charge is 2.22. The molecule has 0 bridgehead atoms. The summed E-state index contributed by atoms with van der Waals surface area (Å²) in [5.74, 6) is 2.42. The van der Waals surface area contributed by atoms with Crippen LogP contribution in [0.15, 0.2) is 170 Å². The average Bonchev–Trinajstić information content (AvgIpc) is 3.18. The summed E-state index contributed by atoms with van der Waals surface area (Å²) in [5.41, 5.74) is 7.61. The van der Waals surface area contributed by atoms with Crippen LogP contribution in [0, 0.1) is 0 Å². The second kappa shape index (κ2) is 13.7.